The van der Waals surface area contributed by atoms with Crippen LogP contribution in [0.1, 0.15) is 44.7 Å². The summed E-state index contributed by atoms with van der Waals surface area (Å²) in [7, 11) is 0. The molecule has 0 aromatic heterocycles. The van der Waals surface area contributed by atoms with Gasteiger partial charge >= 0.3 is 0 Å². The van der Waals surface area contributed by atoms with Crippen LogP contribution in [-0.2, 0) is 22.6 Å². The molecule has 0 aliphatic rings. The summed E-state index contributed by atoms with van der Waals surface area (Å²) < 4.78 is 0. The van der Waals surface area contributed by atoms with Crippen LogP contribution in [0.25, 0.3) is 0 Å². The molecule has 0 bridgehead atoms. The normalized spacial score (nSPS) is 12.9. The lowest BCUT2D eigenvalue weighted by Gasteiger charge is -2.31. The molecule has 2 rings (SSSR count). The van der Waals surface area contributed by atoms with Gasteiger partial charge in [-0.05, 0) is 43.0 Å². The van der Waals surface area contributed by atoms with Crippen molar-refractivity contribution in [3.63, 3.8) is 0 Å². The monoisotopic (exact) mass is 434 g/mol. The number of nitrogens with zero attached hydrogens (tertiary/aromatic N) is 1. The highest BCUT2D eigenvalue weighted by Gasteiger charge is 2.29. The van der Waals surface area contributed by atoms with E-state index in [9.17, 15) is 9.59 Å². The fourth-order valence-electron chi connectivity index (χ4n) is 3.07. The van der Waals surface area contributed by atoms with Crippen LogP contribution in [0.5, 0.6) is 0 Å². The lowest BCUT2D eigenvalue weighted by molar-refractivity contribution is -0.141. The molecule has 156 valence electrons. The lowest BCUT2D eigenvalue weighted by Crippen LogP contribution is -2.51. The van der Waals surface area contributed by atoms with E-state index in [0.29, 0.717) is 28.6 Å². The van der Waals surface area contributed by atoms with Crippen molar-refractivity contribution in [1.82, 2.24) is 10.2 Å². The van der Waals surface area contributed by atoms with Gasteiger partial charge in [-0.2, -0.15) is 0 Å². The lowest BCUT2D eigenvalue weighted by atomic mass is 10.1. The first-order valence-electron chi connectivity index (χ1n) is 9.93. The van der Waals surface area contributed by atoms with E-state index in [1.54, 1.807) is 23.1 Å². The van der Waals surface area contributed by atoms with Crippen molar-refractivity contribution in [1.29, 1.82) is 0 Å². The Hall–Kier alpha value is -2.04. The number of rotatable bonds is 9. The largest absolute Gasteiger partial charge is 0.352 e. The van der Waals surface area contributed by atoms with Gasteiger partial charge in [0.2, 0.25) is 11.8 Å². The minimum atomic E-state index is -0.553. The van der Waals surface area contributed by atoms with Crippen LogP contribution >= 0.6 is 23.2 Å². The molecule has 2 aromatic carbocycles. The van der Waals surface area contributed by atoms with E-state index >= 15 is 0 Å². The number of nitrogens with one attached hydrogen (secondary N) is 1. The molecule has 0 radical (unpaired) electrons. The van der Waals surface area contributed by atoms with Crippen molar-refractivity contribution < 1.29 is 9.59 Å². The maximum absolute atomic E-state index is 13.3. The number of carbonyl (C=O) groups is 2. The molecule has 2 aromatic rings. The van der Waals surface area contributed by atoms with Crippen LogP contribution in [0.4, 0.5) is 0 Å². The summed E-state index contributed by atoms with van der Waals surface area (Å²) in [5, 5.41) is 3.98. The Bertz CT molecular complexity index is 827. The summed E-state index contributed by atoms with van der Waals surface area (Å²) in [6.07, 6.45) is 1.46. The molecule has 0 aliphatic carbocycles. The predicted octanol–water partition coefficient (Wildman–Crippen LogP) is 5.26. The van der Waals surface area contributed by atoms with Gasteiger partial charge < -0.3 is 10.2 Å². The van der Waals surface area contributed by atoms with Crippen LogP contribution in [0.3, 0.4) is 0 Å². The molecule has 0 aliphatic heterocycles. The number of benzene rings is 2. The van der Waals surface area contributed by atoms with E-state index in [1.807, 2.05) is 51.1 Å². The van der Waals surface area contributed by atoms with Crippen LogP contribution < -0.4 is 5.32 Å². The van der Waals surface area contributed by atoms with Gasteiger partial charge in [-0.15, -0.1) is 0 Å². The van der Waals surface area contributed by atoms with Crippen molar-refractivity contribution in [2.75, 3.05) is 0 Å². The Balaban J connectivity index is 2.29. The second-order valence-electron chi connectivity index (χ2n) is 7.16. The van der Waals surface area contributed by atoms with E-state index in [2.05, 4.69) is 5.32 Å². The Labute approximate surface area is 183 Å². The molecule has 0 heterocycles. The molecule has 0 unspecified atom stereocenters. The molecule has 0 fully saturated rings. The number of hydrogen-bond donors (Lipinski definition) is 1. The van der Waals surface area contributed by atoms with Crippen LogP contribution in [-0.4, -0.2) is 28.8 Å². The number of hydrogen-bond acceptors (Lipinski definition) is 2. The second kappa shape index (κ2) is 11.2. The minimum Gasteiger partial charge on any atom is -0.352 e. The molecule has 1 N–H and O–H groups in total. The fraction of sp³-hybridized carbons (Fsp3) is 0.391. The quantitative estimate of drug-likeness (QED) is 0.584. The number of halogens is 2. The van der Waals surface area contributed by atoms with Gasteiger partial charge in [0.05, 0.1) is 6.42 Å². The van der Waals surface area contributed by atoms with Gasteiger partial charge in [0.15, 0.2) is 0 Å². The molecule has 0 saturated carbocycles. The zero-order valence-electron chi connectivity index (χ0n) is 17.1. The summed E-state index contributed by atoms with van der Waals surface area (Å²) in [6.45, 7) is 6.25. The van der Waals surface area contributed by atoms with Gasteiger partial charge in [0.25, 0.3) is 0 Å². The van der Waals surface area contributed by atoms with Gasteiger partial charge in [0, 0.05) is 22.6 Å². The molecule has 2 amide bonds. The van der Waals surface area contributed by atoms with E-state index in [0.717, 1.165) is 12.0 Å². The smallest absolute Gasteiger partial charge is 0.243 e. The molecular formula is C23H28Cl2N2O2. The van der Waals surface area contributed by atoms with Gasteiger partial charge in [-0.3, -0.25) is 9.59 Å². The summed E-state index contributed by atoms with van der Waals surface area (Å²) in [5.41, 5.74) is 1.66. The zero-order chi connectivity index (χ0) is 21.4. The third kappa shape index (κ3) is 6.76. The summed E-state index contributed by atoms with van der Waals surface area (Å²) in [5.74, 6) is -0.280. The molecule has 0 saturated heterocycles. The van der Waals surface area contributed by atoms with Crippen molar-refractivity contribution in [3.8, 4) is 0 Å². The van der Waals surface area contributed by atoms with E-state index in [-0.39, 0.29) is 24.3 Å². The Kier molecular flexibility index (Phi) is 8.99. The standard InChI is InChI=1S/C23H28Cl2N2O2/c1-4-16(3)26-23(29)21(5-2)27(15-17-9-7-6-8-10-17)22(28)13-18-11-12-19(24)14-20(18)25/h6-12,14,16,21H,4-5,13,15H2,1-3H3,(H,26,29)/t16-,21-/m0/s1. The molecular weight excluding hydrogens is 407 g/mol. The maximum atomic E-state index is 13.3. The highest BCUT2D eigenvalue weighted by molar-refractivity contribution is 6.35. The Morgan fingerprint density at radius 1 is 1.03 bits per heavy atom. The third-order valence-electron chi connectivity index (χ3n) is 4.94. The average Bonchev–Trinajstić information content (AvgIpc) is 2.70. The molecule has 29 heavy (non-hydrogen) atoms. The van der Waals surface area contributed by atoms with Crippen LogP contribution in [0.2, 0.25) is 10.0 Å². The maximum Gasteiger partial charge on any atom is 0.243 e. The second-order valence-corrected chi connectivity index (χ2v) is 8.01. The Morgan fingerprint density at radius 2 is 1.72 bits per heavy atom. The van der Waals surface area contributed by atoms with Crippen molar-refractivity contribution in [3.05, 3.63) is 69.7 Å². The first-order chi connectivity index (χ1) is 13.8. The third-order valence-corrected chi connectivity index (χ3v) is 5.53. The van der Waals surface area contributed by atoms with Crippen molar-refractivity contribution in [2.24, 2.45) is 0 Å². The first-order valence-corrected chi connectivity index (χ1v) is 10.7. The van der Waals surface area contributed by atoms with Crippen LogP contribution in [0, 0.1) is 0 Å². The van der Waals surface area contributed by atoms with E-state index in [4.69, 9.17) is 23.2 Å². The molecule has 2 atom stereocenters. The molecule has 6 heteroatoms. The Morgan fingerprint density at radius 3 is 2.31 bits per heavy atom. The van der Waals surface area contributed by atoms with E-state index in [1.165, 1.54) is 0 Å². The van der Waals surface area contributed by atoms with Gasteiger partial charge in [0.1, 0.15) is 6.04 Å². The van der Waals surface area contributed by atoms with Gasteiger partial charge in [-0.25, -0.2) is 0 Å². The average molecular weight is 435 g/mol. The molecule has 0 spiro atoms. The zero-order valence-corrected chi connectivity index (χ0v) is 18.6. The van der Waals surface area contributed by atoms with Crippen molar-refractivity contribution >= 4 is 35.0 Å². The van der Waals surface area contributed by atoms with E-state index < -0.39 is 6.04 Å². The first kappa shape index (κ1) is 23.2. The predicted molar refractivity (Wildman–Crippen MR) is 119 cm³/mol. The van der Waals surface area contributed by atoms with Crippen molar-refractivity contribution in [2.45, 2.75) is 58.7 Å². The van der Waals surface area contributed by atoms with Gasteiger partial charge in [-0.1, -0.05) is 73.4 Å². The highest BCUT2D eigenvalue weighted by Crippen LogP contribution is 2.23. The summed E-state index contributed by atoms with van der Waals surface area (Å²) >= 11 is 12.2. The molecule has 4 nitrogen and oxygen atoms in total. The topological polar surface area (TPSA) is 49.4 Å². The number of carbonyl (C=O) groups excluding carboxylic acids is 2. The number of amides is 2. The highest BCUT2D eigenvalue weighted by atomic mass is 35.5. The fourth-order valence-corrected chi connectivity index (χ4v) is 3.55. The van der Waals surface area contributed by atoms with Crippen LogP contribution in [0.15, 0.2) is 48.5 Å². The minimum absolute atomic E-state index is 0.0518. The SMILES string of the molecule is CC[C@H](C)NC(=O)[C@H](CC)N(Cc1ccccc1)C(=O)Cc1ccc(Cl)cc1Cl. The summed E-state index contributed by atoms with van der Waals surface area (Å²) in [6, 6.07) is 14.3. The summed E-state index contributed by atoms with van der Waals surface area (Å²) in [4.78, 5) is 27.8.